The van der Waals surface area contributed by atoms with Gasteiger partial charge in [0.15, 0.2) is 5.16 Å². The second-order valence-corrected chi connectivity index (χ2v) is 9.47. The van der Waals surface area contributed by atoms with Gasteiger partial charge in [0, 0.05) is 18.8 Å². The van der Waals surface area contributed by atoms with Crippen molar-refractivity contribution in [2.75, 3.05) is 11.9 Å². The number of aryl methyl sites for hydroxylation is 2. The summed E-state index contributed by atoms with van der Waals surface area (Å²) in [6, 6.07) is 13.2. The molecule has 1 unspecified atom stereocenters. The number of ether oxygens (including phenoxy) is 1. The fourth-order valence-electron chi connectivity index (χ4n) is 3.42. The molecule has 6 nitrogen and oxygen atoms in total. The monoisotopic (exact) mass is 453 g/mol. The first-order valence-corrected chi connectivity index (χ1v) is 11.8. The molecule has 2 aromatic carbocycles. The van der Waals surface area contributed by atoms with E-state index in [4.69, 9.17) is 9.72 Å². The zero-order chi connectivity index (χ0) is 23.3. The summed E-state index contributed by atoms with van der Waals surface area (Å²) in [6.07, 6.45) is 0.832. The maximum atomic E-state index is 13.2. The van der Waals surface area contributed by atoms with Gasteiger partial charge in [0.05, 0.1) is 22.3 Å². The average molecular weight is 454 g/mol. The van der Waals surface area contributed by atoms with Gasteiger partial charge in [-0.3, -0.25) is 14.2 Å². The minimum atomic E-state index is -0.430. The molecule has 3 aromatic rings. The van der Waals surface area contributed by atoms with Crippen LogP contribution in [0.3, 0.4) is 0 Å². The summed E-state index contributed by atoms with van der Waals surface area (Å²) in [5.41, 5.74) is 3.41. The van der Waals surface area contributed by atoms with E-state index in [-0.39, 0.29) is 17.6 Å². The zero-order valence-corrected chi connectivity index (χ0v) is 20.2. The van der Waals surface area contributed by atoms with Crippen molar-refractivity contribution in [3.8, 4) is 0 Å². The molecule has 32 heavy (non-hydrogen) atoms. The highest BCUT2D eigenvalue weighted by molar-refractivity contribution is 8.00. The van der Waals surface area contributed by atoms with Crippen LogP contribution in [-0.2, 0) is 16.1 Å². The van der Waals surface area contributed by atoms with E-state index in [0.717, 1.165) is 16.8 Å². The number of para-hydroxylation sites is 2. The van der Waals surface area contributed by atoms with Gasteiger partial charge in [-0.1, -0.05) is 42.1 Å². The fraction of sp³-hybridized carbons (Fsp3) is 0.400. The van der Waals surface area contributed by atoms with Crippen molar-refractivity contribution in [3.05, 3.63) is 63.9 Å². The van der Waals surface area contributed by atoms with Crippen LogP contribution in [0.25, 0.3) is 10.9 Å². The van der Waals surface area contributed by atoms with E-state index in [9.17, 15) is 9.59 Å². The van der Waals surface area contributed by atoms with Gasteiger partial charge in [0.25, 0.3) is 5.56 Å². The average Bonchev–Trinajstić information content (AvgIpc) is 2.75. The van der Waals surface area contributed by atoms with Crippen LogP contribution < -0.4 is 10.9 Å². The van der Waals surface area contributed by atoms with E-state index >= 15 is 0 Å². The van der Waals surface area contributed by atoms with Gasteiger partial charge in [0.2, 0.25) is 5.91 Å². The summed E-state index contributed by atoms with van der Waals surface area (Å²) in [5, 5.41) is 3.73. The molecule has 0 aliphatic carbocycles. The van der Waals surface area contributed by atoms with Crippen LogP contribution in [0.1, 0.15) is 38.3 Å². The van der Waals surface area contributed by atoms with Crippen molar-refractivity contribution in [1.29, 1.82) is 0 Å². The third-order valence-electron chi connectivity index (χ3n) is 5.18. The minimum Gasteiger partial charge on any atom is -0.379 e. The fourth-order valence-corrected chi connectivity index (χ4v) is 4.36. The summed E-state index contributed by atoms with van der Waals surface area (Å²) >= 11 is 1.30. The molecule has 0 fully saturated rings. The van der Waals surface area contributed by atoms with Crippen LogP contribution in [-0.4, -0.2) is 33.4 Å². The van der Waals surface area contributed by atoms with Crippen molar-refractivity contribution in [2.45, 2.75) is 64.1 Å². The standard InChI is InChI=1S/C25H31N3O3S/c1-16(2)31-15-9-14-28-24(30)20-12-6-7-13-21(20)26-25(28)32-19(5)23(29)27-22-17(3)10-8-11-18(22)4/h6-8,10-13,16,19H,9,14-15H2,1-5H3,(H,27,29). The Morgan fingerprint density at radius 2 is 1.78 bits per heavy atom. The number of benzene rings is 2. The number of fused-ring (bicyclic) bond motifs is 1. The number of carbonyl (C=O) groups is 1. The van der Waals surface area contributed by atoms with E-state index < -0.39 is 5.25 Å². The molecule has 1 amide bonds. The van der Waals surface area contributed by atoms with E-state index in [1.54, 1.807) is 10.6 Å². The quantitative estimate of drug-likeness (QED) is 0.282. The van der Waals surface area contributed by atoms with E-state index in [1.807, 2.05) is 71.0 Å². The van der Waals surface area contributed by atoms with Gasteiger partial charge < -0.3 is 10.1 Å². The first-order valence-electron chi connectivity index (χ1n) is 10.9. The van der Waals surface area contributed by atoms with Gasteiger partial charge in [-0.2, -0.15) is 0 Å². The number of carbonyl (C=O) groups excluding carboxylic acids is 1. The summed E-state index contributed by atoms with van der Waals surface area (Å²) in [7, 11) is 0. The third kappa shape index (κ3) is 5.78. The lowest BCUT2D eigenvalue weighted by atomic mass is 10.1. The number of amides is 1. The Morgan fingerprint density at radius 1 is 1.09 bits per heavy atom. The lowest BCUT2D eigenvalue weighted by Crippen LogP contribution is -2.28. The largest absolute Gasteiger partial charge is 0.379 e. The van der Waals surface area contributed by atoms with Crippen LogP contribution in [0.5, 0.6) is 0 Å². The molecule has 1 N–H and O–H groups in total. The van der Waals surface area contributed by atoms with Crippen LogP contribution in [0.15, 0.2) is 52.4 Å². The van der Waals surface area contributed by atoms with Crippen LogP contribution in [0.4, 0.5) is 5.69 Å². The van der Waals surface area contributed by atoms with Crippen molar-refractivity contribution in [3.63, 3.8) is 0 Å². The Morgan fingerprint density at radius 3 is 2.47 bits per heavy atom. The SMILES string of the molecule is Cc1cccc(C)c1NC(=O)C(C)Sc1nc2ccccc2c(=O)n1CCCOC(C)C. The molecule has 170 valence electrons. The molecule has 0 saturated heterocycles. The molecule has 0 spiro atoms. The van der Waals surface area contributed by atoms with Crippen molar-refractivity contribution in [1.82, 2.24) is 9.55 Å². The van der Waals surface area contributed by atoms with Crippen LogP contribution in [0, 0.1) is 13.8 Å². The molecule has 0 aliphatic rings. The molecule has 0 radical (unpaired) electrons. The van der Waals surface area contributed by atoms with E-state index in [1.165, 1.54) is 11.8 Å². The Kier molecular flexibility index (Phi) is 8.10. The molecule has 0 saturated carbocycles. The first-order chi connectivity index (χ1) is 15.3. The number of rotatable bonds is 9. The lowest BCUT2D eigenvalue weighted by molar-refractivity contribution is -0.115. The van der Waals surface area contributed by atoms with Crippen LogP contribution >= 0.6 is 11.8 Å². The number of hydrogen-bond acceptors (Lipinski definition) is 5. The maximum Gasteiger partial charge on any atom is 0.262 e. The second-order valence-electron chi connectivity index (χ2n) is 8.16. The van der Waals surface area contributed by atoms with E-state index in [2.05, 4.69) is 5.32 Å². The van der Waals surface area contributed by atoms with Crippen molar-refractivity contribution >= 4 is 34.3 Å². The first kappa shape index (κ1) is 24.0. The van der Waals surface area contributed by atoms with Gasteiger partial charge in [-0.05, 0) is 64.3 Å². The number of aromatic nitrogens is 2. The van der Waals surface area contributed by atoms with Gasteiger partial charge >= 0.3 is 0 Å². The molecular formula is C25H31N3O3S. The second kappa shape index (κ2) is 10.8. The van der Waals surface area contributed by atoms with Crippen molar-refractivity contribution in [2.24, 2.45) is 0 Å². The number of hydrogen-bond donors (Lipinski definition) is 1. The highest BCUT2D eigenvalue weighted by atomic mass is 32.2. The summed E-state index contributed by atoms with van der Waals surface area (Å²) in [6.45, 7) is 10.8. The maximum absolute atomic E-state index is 13.2. The zero-order valence-electron chi connectivity index (χ0n) is 19.3. The molecule has 1 aromatic heterocycles. The van der Waals surface area contributed by atoms with Crippen LogP contribution in [0.2, 0.25) is 0 Å². The molecule has 7 heteroatoms. The highest BCUT2D eigenvalue weighted by Gasteiger charge is 2.20. The summed E-state index contributed by atoms with van der Waals surface area (Å²) < 4.78 is 7.30. The molecule has 3 rings (SSSR count). The Labute approximate surface area is 193 Å². The lowest BCUT2D eigenvalue weighted by Gasteiger charge is -2.18. The third-order valence-corrected chi connectivity index (χ3v) is 6.27. The number of anilines is 1. The number of thioether (sulfide) groups is 1. The predicted octanol–water partition coefficient (Wildman–Crippen LogP) is 4.95. The minimum absolute atomic E-state index is 0.0926. The molecule has 0 aliphatic heterocycles. The number of nitrogens with one attached hydrogen (secondary N) is 1. The Balaban J connectivity index is 1.84. The van der Waals surface area contributed by atoms with Gasteiger partial charge in [-0.25, -0.2) is 4.98 Å². The Bertz CT molecular complexity index is 1140. The van der Waals surface area contributed by atoms with Gasteiger partial charge in [-0.15, -0.1) is 0 Å². The highest BCUT2D eigenvalue weighted by Crippen LogP contribution is 2.26. The molecular weight excluding hydrogens is 422 g/mol. The smallest absolute Gasteiger partial charge is 0.262 e. The predicted molar refractivity (Wildman–Crippen MR) is 132 cm³/mol. The van der Waals surface area contributed by atoms with Crippen molar-refractivity contribution < 1.29 is 9.53 Å². The van der Waals surface area contributed by atoms with Gasteiger partial charge in [0.1, 0.15) is 0 Å². The topological polar surface area (TPSA) is 73.2 Å². The number of nitrogens with zero attached hydrogens (tertiary/aromatic N) is 2. The Hall–Kier alpha value is -2.64. The summed E-state index contributed by atoms with van der Waals surface area (Å²) in [5.74, 6) is -0.121. The summed E-state index contributed by atoms with van der Waals surface area (Å²) in [4.78, 5) is 30.8. The molecule has 1 heterocycles. The van der Waals surface area contributed by atoms with E-state index in [0.29, 0.717) is 35.6 Å². The normalized spacial score (nSPS) is 12.3. The molecule has 1 atom stereocenters. The molecule has 0 bridgehead atoms.